The number of aryl methyl sites for hydroxylation is 1. The maximum Gasteiger partial charge on any atom is 0.264 e. The Balaban J connectivity index is 2.07. The van der Waals surface area contributed by atoms with Crippen LogP contribution in [0.4, 0.5) is 5.69 Å². The van der Waals surface area contributed by atoms with Gasteiger partial charge in [-0.1, -0.05) is 84.9 Å². The molecule has 1 N–H and O–H groups in total. The van der Waals surface area contributed by atoms with Crippen LogP contribution in [-0.2, 0) is 26.2 Å². The van der Waals surface area contributed by atoms with E-state index in [-0.39, 0.29) is 33.1 Å². The zero-order valence-electron chi connectivity index (χ0n) is 23.2. The molecule has 0 aliphatic heterocycles. The fourth-order valence-electron chi connectivity index (χ4n) is 4.24. The summed E-state index contributed by atoms with van der Waals surface area (Å²) in [5.74, 6) is -0.888. The monoisotopic (exact) mass is 637 g/mol. The second-order valence-corrected chi connectivity index (χ2v) is 12.8. The molecule has 11 heteroatoms. The van der Waals surface area contributed by atoms with Gasteiger partial charge in [-0.05, 0) is 67.8 Å². The first-order valence-corrected chi connectivity index (χ1v) is 15.9. The van der Waals surface area contributed by atoms with Crippen molar-refractivity contribution in [3.05, 3.63) is 92.9 Å². The second-order valence-electron chi connectivity index (χ2n) is 9.64. The van der Waals surface area contributed by atoms with Crippen molar-refractivity contribution in [2.24, 2.45) is 0 Å². The molecule has 0 aromatic heterocycles. The van der Waals surface area contributed by atoms with Gasteiger partial charge in [-0.3, -0.25) is 13.9 Å². The van der Waals surface area contributed by atoms with Crippen molar-refractivity contribution in [3.8, 4) is 0 Å². The number of amides is 2. The minimum atomic E-state index is -4.26. The third kappa shape index (κ3) is 8.61. The minimum absolute atomic E-state index is 0.0134. The van der Waals surface area contributed by atoms with Gasteiger partial charge in [0.15, 0.2) is 0 Å². The summed E-state index contributed by atoms with van der Waals surface area (Å²) in [4.78, 5) is 28.7. The lowest BCUT2D eigenvalue weighted by atomic mass is 10.1. The Bertz CT molecular complexity index is 1450. The summed E-state index contributed by atoms with van der Waals surface area (Å²) in [6.07, 6.45) is 2.01. The normalized spacial score (nSPS) is 12.0. The van der Waals surface area contributed by atoms with Crippen molar-refractivity contribution in [2.75, 3.05) is 17.4 Å². The molecule has 0 aliphatic rings. The molecule has 41 heavy (non-hydrogen) atoms. The Morgan fingerprint density at radius 1 is 0.902 bits per heavy atom. The van der Waals surface area contributed by atoms with E-state index in [9.17, 15) is 18.0 Å². The van der Waals surface area contributed by atoms with Crippen molar-refractivity contribution in [1.29, 1.82) is 0 Å². The lowest BCUT2D eigenvalue weighted by Gasteiger charge is -2.33. The van der Waals surface area contributed by atoms with E-state index in [0.29, 0.717) is 18.0 Å². The lowest BCUT2D eigenvalue weighted by Crippen LogP contribution is -2.52. The Morgan fingerprint density at radius 2 is 1.54 bits per heavy atom. The number of hydrogen-bond donors (Lipinski definition) is 1. The number of carbonyl (C=O) groups excluding carboxylic acids is 2. The van der Waals surface area contributed by atoms with Crippen molar-refractivity contribution >= 4 is 62.3 Å². The summed E-state index contributed by atoms with van der Waals surface area (Å²) in [5, 5.41) is 3.79. The van der Waals surface area contributed by atoms with E-state index in [2.05, 4.69) is 5.32 Å². The zero-order valence-corrected chi connectivity index (χ0v) is 26.3. The van der Waals surface area contributed by atoms with Gasteiger partial charge in [0.05, 0.1) is 15.6 Å². The third-order valence-corrected chi connectivity index (χ3v) is 9.13. The van der Waals surface area contributed by atoms with E-state index in [1.165, 1.54) is 35.2 Å². The number of benzene rings is 3. The van der Waals surface area contributed by atoms with Crippen molar-refractivity contribution in [1.82, 2.24) is 10.2 Å². The highest BCUT2D eigenvalue weighted by atomic mass is 35.5. The first-order valence-electron chi connectivity index (χ1n) is 13.3. The fraction of sp³-hybridized carbons (Fsp3) is 0.333. The Labute approximate surface area is 257 Å². The molecule has 1 unspecified atom stereocenters. The summed E-state index contributed by atoms with van der Waals surface area (Å²) >= 11 is 18.8. The van der Waals surface area contributed by atoms with E-state index in [1.54, 1.807) is 43.3 Å². The molecule has 1 atom stereocenters. The van der Waals surface area contributed by atoms with Crippen LogP contribution in [0.3, 0.4) is 0 Å². The summed E-state index contributed by atoms with van der Waals surface area (Å²) in [7, 11) is -4.26. The number of nitrogens with zero attached hydrogens (tertiary/aromatic N) is 2. The topological polar surface area (TPSA) is 86.8 Å². The maximum absolute atomic E-state index is 14.1. The summed E-state index contributed by atoms with van der Waals surface area (Å²) in [6, 6.07) is 16.8. The van der Waals surface area contributed by atoms with Crippen LogP contribution < -0.4 is 9.62 Å². The smallest absolute Gasteiger partial charge is 0.264 e. The van der Waals surface area contributed by atoms with Gasteiger partial charge >= 0.3 is 0 Å². The number of unbranched alkanes of at least 4 members (excludes halogenated alkanes) is 1. The van der Waals surface area contributed by atoms with Gasteiger partial charge in [0.1, 0.15) is 12.6 Å². The van der Waals surface area contributed by atoms with Crippen LogP contribution in [0, 0.1) is 6.92 Å². The van der Waals surface area contributed by atoms with E-state index < -0.39 is 28.5 Å². The van der Waals surface area contributed by atoms with Crippen LogP contribution in [0.5, 0.6) is 0 Å². The SMILES string of the molecule is CCCCNC(=O)C(CC)N(Cc1ccc(Cl)cc1)C(=O)CN(c1cc(Cl)ccc1Cl)S(=O)(=O)c1ccc(C)cc1. The van der Waals surface area contributed by atoms with E-state index >= 15 is 0 Å². The predicted octanol–water partition coefficient (Wildman–Crippen LogP) is 6.87. The number of sulfonamides is 1. The van der Waals surface area contributed by atoms with Crippen molar-refractivity contribution < 1.29 is 18.0 Å². The van der Waals surface area contributed by atoms with Crippen molar-refractivity contribution in [2.45, 2.75) is 57.5 Å². The summed E-state index contributed by atoms with van der Waals surface area (Å²) < 4.78 is 28.9. The maximum atomic E-state index is 14.1. The molecule has 3 aromatic carbocycles. The lowest BCUT2D eigenvalue weighted by molar-refractivity contribution is -0.140. The van der Waals surface area contributed by atoms with Gasteiger partial charge in [-0.25, -0.2) is 8.42 Å². The standard InChI is InChI=1S/C30H34Cl3N3O4S/c1-4-6-17-34-30(38)27(5-2)35(19-22-9-11-23(31)12-10-22)29(37)20-36(28-18-24(32)13-16-26(28)33)41(39,40)25-14-7-21(3)8-15-25/h7-16,18,27H,4-6,17,19-20H2,1-3H3,(H,34,38). The van der Waals surface area contributed by atoms with Crippen LogP contribution in [0.25, 0.3) is 0 Å². The number of nitrogens with one attached hydrogen (secondary N) is 1. The van der Waals surface area contributed by atoms with Crippen LogP contribution >= 0.6 is 34.8 Å². The number of anilines is 1. The highest BCUT2D eigenvalue weighted by molar-refractivity contribution is 7.92. The van der Waals surface area contributed by atoms with Crippen LogP contribution in [0.2, 0.25) is 15.1 Å². The molecular formula is C30H34Cl3N3O4S. The molecule has 0 bridgehead atoms. The van der Waals surface area contributed by atoms with Gasteiger partial charge < -0.3 is 10.2 Å². The van der Waals surface area contributed by atoms with Gasteiger partial charge in [0, 0.05) is 23.1 Å². The van der Waals surface area contributed by atoms with E-state index in [0.717, 1.165) is 28.3 Å². The van der Waals surface area contributed by atoms with E-state index in [4.69, 9.17) is 34.8 Å². The summed E-state index contributed by atoms with van der Waals surface area (Å²) in [6.45, 7) is 5.60. The Kier molecular flexibility index (Phi) is 11.9. The average molecular weight is 639 g/mol. The largest absolute Gasteiger partial charge is 0.354 e. The molecular weight excluding hydrogens is 605 g/mol. The Morgan fingerprint density at radius 3 is 2.15 bits per heavy atom. The predicted molar refractivity (Wildman–Crippen MR) is 166 cm³/mol. The molecule has 0 aliphatic carbocycles. The first kappa shape index (κ1) is 32.7. The molecule has 0 saturated carbocycles. The molecule has 0 heterocycles. The molecule has 3 rings (SSSR count). The van der Waals surface area contributed by atoms with E-state index in [1.807, 2.05) is 13.8 Å². The van der Waals surface area contributed by atoms with Crippen molar-refractivity contribution in [3.63, 3.8) is 0 Å². The van der Waals surface area contributed by atoms with Gasteiger partial charge in [0.25, 0.3) is 10.0 Å². The molecule has 7 nitrogen and oxygen atoms in total. The van der Waals surface area contributed by atoms with Gasteiger partial charge in [-0.15, -0.1) is 0 Å². The molecule has 0 spiro atoms. The number of halogens is 3. The first-order chi connectivity index (χ1) is 19.5. The van der Waals surface area contributed by atoms with Crippen LogP contribution in [-0.4, -0.2) is 44.3 Å². The van der Waals surface area contributed by atoms with Gasteiger partial charge in [-0.2, -0.15) is 0 Å². The third-order valence-electron chi connectivity index (χ3n) is 6.55. The Hall–Kier alpha value is -2.78. The quantitative estimate of drug-likeness (QED) is 0.207. The molecule has 220 valence electrons. The van der Waals surface area contributed by atoms with Crippen LogP contribution in [0.15, 0.2) is 71.6 Å². The average Bonchev–Trinajstić information content (AvgIpc) is 2.94. The molecule has 0 saturated heterocycles. The summed E-state index contributed by atoms with van der Waals surface area (Å²) in [5.41, 5.74) is 1.66. The minimum Gasteiger partial charge on any atom is -0.354 e. The second kappa shape index (κ2) is 14.9. The highest BCUT2D eigenvalue weighted by Crippen LogP contribution is 2.33. The van der Waals surface area contributed by atoms with Crippen LogP contribution in [0.1, 0.15) is 44.2 Å². The highest BCUT2D eigenvalue weighted by Gasteiger charge is 2.34. The number of hydrogen-bond acceptors (Lipinski definition) is 4. The number of carbonyl (C=O) groups is 2. The molecule has 3 aromatic rings. The molecule has 0 fully saturated rings. The molecule has 0 radical (unpaired) electrons. The molecule has 2 amide bonds. The fourth-order valence-corrected chi connectivity index (χ4v) is 6.23. The zero-order chi connectivity index (χ0) is 30.2. The number of rotatable bonds is 13. The van der Waals surface area contributed by atoms with Gasteiger partial charge in [0.2, 0.25) is 11.8 Å².